The third-order valence-corrected chi connectivity index (χ3v) is 13.1. The van der Waals surface area contributed by atoms with Crippen LogP contribution in [0.5, 0.6) is 28.7 Å². The summed E-state index contributed by atoms with van der Waals surface area (Å²) in [5, 5.41) is 8.72. The molecule has 1 unspecified atom stereocenters. The van der Waals surface area contributed by atoms with Crippen molar-refractivity contribution in [1.29, 1.82) is 5.26 Å². The van der Waals surface area contributed by atoms with Crippen LogP contribution in [-0.2, 0) is 0 Å². The predicted octanol–water partition coefficient (Wildman–Crippen LogP) is 23.0. The van der Waals surface area contributed by atoms with Gasteiger partial charge in [-0.2, -0.15) is 18.4 Å². The Hall–Kier alpha value is -7.46. The van der Waals surface area contributed by atoms with Crippen molar-refractivity contribution >= 4 is 0 Å². The maximum Gasteiger partial charge on any atom is 0.586 e. The molecule has 0 bridgehead atoms. The molecule has 468 valence electrons. The normalized spacial score (nSPS) is 13.8. The molecule has 7 aromatic carbocycles. The van der Waals surface area contributed by atoms with Crippen molar-refractivity contribution in [3.8, 4) is 34.8 Å². The number of aryl methyl sites for hydroxylation is 4. The van der Waals surface area contributed by atoms with Crippen molar-refractivity contribution in [3.63, 3.8) is 0 Å². The molecular weight excluding hydrogens is 1100 g/mol. The highest BCUT2D eigenvalue weighted by atomic mass is 19.3. The number of nitriles is 1. The number of halogens is 7. The lowest BCUT2D eigenvalue weighted by Gasteiger charge is -2.10. The van der Waals surface area contributed by atoms with Gasteiger partial charge in [-0.25, -0.2) is 8.78 Å². The summed E-state index contributed by atoms with van der Waals surface area (Å²) in [7, 11) is 0. The van der Waals surface area contributed by atoms with E-state index in [1.165, 1.54) is 52.9 Å². The molecule has 13 heteroatoms. The molecule has 86 heavy (non-hydrogen) atoms. The number of rotatable bonds is 9. The molecule has 0 radical (unpaired) electrons. The van der Waals surface area contributed by atoms with Crippen molar-refractivity contribution in [1.82, 2.24) is 0 Å². The van der Waals surface area contributed by atoms with Crippen LogP contribution < -0.4 is 23.7 Å². The van der Waals surface area contributed by atoms with Crippen LogP contribution in [0, 0.1) is 50.7 Å². The summed E-state index contributed by atoms with van der Waals surface area (Å²) in [5.74, 6) is 3.21. The lowest BCUT2D eigenvalue weighted by Crippen LogP contribution is -2.27. The average molecular weight is 1200 g/mol. The second-order valence-corrected chi connectivity index (χ2v) is 23.4. The van der Waals surface area contributed by atoms with E-state index in [0.29, 0.717) is 46.7 Å². The molecule has 6 nitrogen and oxygen atoms in total. The Morgan fingerprint density at radius 2 is 0.849 bits per heavy atom. The fourth-order valence-corrected chi connectivity index (χ4v) is 8.36. The minimum Gasteiger partial charge on any atom is -0.435 e. The summed E-state index contributed by atoms with van der Waals surface area (Å²) in [5.41, 5.74) is 13.3. The molecule has 9 rings (SSSR count). The molecule has 0 spiro atoms. The van der Waals surface area contributed by atoms with E-state index in [-0.39, 0.29) is 42.3 Å². The first-order valence-corrected chi connectivity index (χ1v) is 28.9. The second kappa shape index (κ2) is 34.6. The fourth-order valence-electron chi connectivity index (χ4n) is 8.36. The molecule has 1 atom stereocenters. The number of fused-ring (bicyclic) bond motifs is 2. The van der Waals surface area contributed by atoms with Gasteiger partial charge in [0.05, 0.1) is 11.6 Å². The van der Waals surface area contributed by atoms with E-state index in [2.05, 4.69) is 158 Å². The highest BCUT2D eigenvalue weighted by molar-refractivity contribution is 5.50. The Balaban J connectivity index is 0.000000343. The smallest absolute Gasteiger partial charge is 0.435 e. The van der Waals surface area contributed by atoms with Gasteiger partial charge in [0.25, 0.3) is 0 Å². The number of para-hydroxylation sites is 1. The number of hydrogen-bond acceptors (Lipinski definition) is 6. The van der Waals surface area contributed by atoms with E-state index in [1.54, 1.807) is 30.3 Å². The van der Waals surface area contributed by atoms with E-state index >= 15 is 0 Å². The van der Waals surface area contributed by atoms with Crippen molar-refractivity contribution in [2.45, 2.75) is 199 Å². The van der Waals surface area contributed by atoms with Crippen LogP contribution in [0.1, 0.15) is 219 Å². The van der Waals surface area contributed by atoms with E-state index in [1.807, 2.05) is 71.9 Å². The minimum atomic E-state index is -3.52. The summed E-state index contributed by atoms with van der Waals surface area (Å²) in [4.78, 5) is 0. The number of alkyl halides is 5. The highest BCUT2D eigenvalue weighted by Gasteiger charge is 2.44. The van der Waals surface area contributed by atoms with Crippen molar-refractivity contribution < 1.29 is 54.4 Å². The Morgan fingerprint density at radius 3 is 1.29 bits per heavy atom. The first kappa shape index (κ1) is 74.6. The van der Waals surface area contributed by atoms with Gasteiger partial charge in [-0.3, -0.25) is 0 Å². The lowest BCUT2D eigenvalue weighted by atomic mass is 9.99. The molecule has 0 saturated heterocycles. The number of benzene rings is 7. The topological polar surface area (TPSA) is 69.9 Å². The van der Waals surface area contributed by atoms with Crippen molar-refractivity contribution in [3.05, 3.63) is 218 Å². The Labute approximate surface area is 509 Å². The van der Waals surface area contributed by atoms with Crippen LogP contribution in [0.3, 0.4) is 0 Å². The maximum atomic E-state index is 13.3. The van der Waals surface area contributed by atoms with Crippen molar-refractivity contribution in [2.75, 3.05) is 0 Å². The molecule has 2 aliphatic heterocycles. The molecule has 2 aliphatic rings. The highest BCUT2D eigenvalue weighted by Crippen LogP contribution is 2.45. The molecular formula is C73H92F7NO5. The summed E-state index contributed by atoms with van der Waals surface area (Å²) in [6, 6.07) is 42.7. The first-order chi connectivity index (χ1) is 39.6. The van der Waals surface area contributed by atoms with E-state index < -0.39 is 24.8 Å². The molecule has 0 fully saturated rings. The van der Waals surface area contributed by atoms with Gasteiger partial charge in [0.15, 0.2) is 23.0 Å². The van der Waals surface area contributed by atoms with Crippen LogP contribution in [-0.4, -0.2) is 18.9 Å². The van der Waals surface area contributed by atoms with Gasteiger partial charge in [0, 0.05) is 18.6 Å². The summed E-state index contributed by atoms with van der Waals surface area (Å²) < 4.78 is 111. The monoisotopic (exact) mass is 1200 g/mol. The van der Waals surface area contributed by atoms with Gasteiger partial charge < -0.3 is 23.7 Å². The van der Waals surface area contributed by atoms with E-state index in [9.17, 15) is 30.7 Å². The number of nitrogens with zero attached hydrogens (tertiary/aromatic N) is 1. The molecule has 0 amide bonds. The van der Waals surface area contributed by atoms with Gasteiger partial charge in [-0.15, -0.1) is 8.78 Å². The largest absolute Gasteiger partial charge is 0.586 e. The van der Waals surface area contributed by atoms with E-state index in [0.717, 1.165) is 39.4 Å². The van der Waals surface area contributed by atoms with Gasteiger partial charge in [0.1, 0.15) is 17.4 Å². The maximum absolute atomic E-state index is 13.3. The predicted molar refractivity (Wildman–Crippen MR) is 338 cm³/mol. The summed E-state index contributed by atoms with van der Waals surface area (Å²) >= 11 is 0. The Bertz CT molecular complexity index is 3160. The van der Waals surface area contributed by atoms with Gasteiger partial charge in [-0.05, 0) is 168 Å². The second-order valence-electron chi connectivity index (χ2n) is 23.4. The van der Waals surface area contributed by atoms with Crippen LogP contribution >= 0.6 is 0 Å². The lowest BCUT2D eigenvalue weighted by molar-refractivity contribution is -0.287. The van der Waals surface area contributed by atoms with Gasteiger partial charge in [0.2, 0.25) is 0 Å². The third kappa shape index (κ3) is 26.0. The molecule has 0 saturated carbocycles. The molecule has 0 aliphatic carbocycles. The molecule has 2 heterocycles. The van der Waals surface area contributed by atoms with E-state index in [4.69, 9.17) is 14.7 Å². The van der Waals surface area contributed by atoms with Crippen LogP contribution in [0.2, 0.25) is 0 Å². The first-order valence-electron chi connectivity index (χ1n) is 28.9. The van der Waals surface area contributed by atoms with Crippen molar-refractivity contribution in [2.24, 2.45) is 0 Å². The molecule has 0 aromatic heterocycles. The zero-order valence-electron chi connectivity index (χ0n) is 53.0. The van der Waals surface area contributed by atoms with Crippen LogP contribution in [0.25, 0.3) is 0 Å². The number of hydrogen-bond donors (Lipinski definition) is 0. The molecule has 7 aromatic rings. The SMILES string of the molecule is C.CC(C)c1cc(F)cc(OC(F)F)c1.CC(C)c1ccc2c(c1)OC(C)(F)O2.CC(C)c1cccc2c1OC(F)(F)O2.Cc1cc(C#N)cc(C(C)C)c1.Cc1cc(F)cc(C(C)C)c1.Cc1cccc(C(C)C)c1.Cc1cccc(C(C)C)c1. The fraction of sp³-hybridized carbons (Fsp3) is 0.411. The summed E-state index contributed by atoms with van der Waals surface area (Å²) in [6.07, 6.45) is -3.52. The summed E-state index contributed by atoms with van der Waals surface area (Å²) in [6.45, 7) is 35.5. The quantitative estimate of drug-likeness (QED) is 0.134. The number of ether oxygens (including phenoxy) is 5. The Morgan fingerprint density at radius 1 is 0.419 bits per heavy atom. The van der Waals surface area contributed by atoms with Gasteiger partial charge in [-0.1, -0.05) is 194 Å². The minimum absolute atomic E-state index is 0. The molecule has 0 N–H and O–H groups in total. The zero-order chi connectivity index (χ0) is 64.1. The van der Waals surface area contributed by atoms with Crippen LogP contribution in [0.4, 0.5) is 30.7 Å². The average Bonchev–Trinajstić information content (AvgIpc) is 2.25. The standard InChI is InChI=1S/C11H13FO2.C11H13N.C10H11F3O.C10H10F2O2.C10H13F.2C10H14.CH4/c1-7(2)8-4-5-9-10(6-8)14-11(3,12)13-9;1-8(2)11-5-9(3)4-10(6-11)7-12;1-6(2)7-3-8(11)5-9(4-7)14-10(12)13;1-6(2)7-4-3-5-8-9(7)14-10(11,12)13-8;1-7(2)9-4-8(3)5-10(11)6-9;2*1-8(2)10-6-4-5-9(3)7-10;/h4-7H,1-3H3;4-6,8H,1-3H3;3-6,10H,1-2H3;3-6H,1-2H3;4-7H,1-3H3;2*4-8H,1-3H3;1H4. The Kier molecular flexibility index (Phi) is 30.1. The van der Waals surface area contributed by atoms with Gasteiger partial charge >= 0.3 is 18.9 Å². The third-order valence-electron chi connectivity index (χ3n) is 13.1. The van der Waals surface area contributed by atoms with Crippen LogP contribution in [0.15, 0.2) is 140 Å². The zero-order valence-corrected chi connectivity index (χ0v) is 53.0.